The van der Waals surface area contributed by atoms with Crippen LogP contribution in [0, 0.1) is 11.8 Å². The zero-order chi connectivity index (χ0) is 14.4. The fourth-order valence-electron chi connectivity index (χ4n) is 2.84. The Balaban J connectivity index is 1.98. The number of benzene rings is 1. The molecule has 2 unspecified atom stereocenters. The number of hydrogen-bond donors (Lipinski definition) is 2. The predicted molar refractivity (Wildman–Crippen MR) is 79.1 cm³/mol. The molecule has 1 heterocycles. The van der Waals surface area contributed by atoms with Crippen molar-refractivity contribution in [3.8, 4) is 0 Å². The van der Waals surface area contributed by atoms with Gasteiger partial charge in [-0.05, 0) is 30.7 Å². The fourth-order valence-corrected chi connectivity index (χ4v) is 2.84. The molecule has 2 rings (SSSR count). The number of aliphatic hydroxyl groups is 1. The Labute approximate surface area is 120 Å². The largest absolute Gasteiger partial charge is 0.396 e. The summed E-state index contributed by atoms with van der Waals surface area (Å²) in [5.74, 6) is 0.201. The SMILES string of the molecule is NCC(Cc1ccccc1)C(=O)N1CCCC(CO)C1. The Morgan fingerprint density at radius 2 is 2.15 bits per heavy atom. The molecular weight excluding hydrogens is 252 g/mol. The first-order valence-electron chi connectivity index (χ1n) is 7.38. The number of likely N-dealkylation sites (tertiary alicyclic amines) is 1. The van der Waals surface area contributed by atoms with E-state index in [4.69, 9.17) is 5.73 Å². The highest BCUT2D eigenvalue weighted by Gasteiger charge is 2.28. The van der Waals surface area contributed by atoms with E-state index in [9.17, 15) is 9.90 Å². The third-order valence-electron chi connectivity index (χ3n) is 4.05. The van der Waals surface area contributed by atoms with Crippen molar-refractivity contribution in [2.75, 3.05) is 26.2 Å². The monoisotopic (exact) mass is 276 g/mol. The summed E-state index contributed by atoms with van der Waals surface area (Å²) in [7, 11) is 0. The highest BCUT2D eigenvalue weighted by atomic mass is 16.3. The maximum Gasteiger partial charge on any atom is 0.227 e. The van der Waals surface area contributed by atoms with E-state index in [0.29, 0.717) is 19.5 Å². The van der Waals surface area contributed by atoms with E-state index >= 15 is 0 Å². The molecule has 0 aliphatic carbocycles. The first-order chi connectivity index (χ1) is 9.74. The summed E-state index contributed by atoms with van der Waals surface area (Å²) in [5, 5.41) is 9.26. The molecule has 4 heteroatoms. The molecule has 1 fully saturated rings. The molecule has 1 aromatic rings. The molecule has 1 aliphatic heterocycles. The number of carbonyl (C=O) groups excluding carboxylic acids is 1. The van der Waals surface area contributed by atoms with Crippen LogP contribution >= 0.6 is 0 Å². The van der Waals surface area contributed by atoms with Crippen molar-refractivity contribution in [1.29, 1.82) is 0 Å². The van der Waals surface area contributed by atoms with E-state index in [1.54, 1.807) is 0 Å². The lowest BCUT2D eigenvalue weighted by atomic mass is 9.94. The van der Waals surface area contributed by atoms with Crippen molar-refractivity contribution in [1.82, 2.24) is 4.90 Å². The van der Waals surface area contributed by atoms with Crippen LogP contribution in [0.1, 0.15) is 18.4 Å². The molecule has 4 nitrogen and oxygen atoms in total. The average molecular weight is 276 g/mol. The number of nitrogens with two attached hydrogens (primary N) is 1. The maximum absolute atomic E-state index is 12.6. The Morgan fingerprint density at radius 1 is 1.40 bits per heavy atom. The van der Waals surface area contributed by atoms with Crippen molar-refractivity contribution in [3.63, 3.8) is 0 Å². The van der Waals surface area contributed by atoms with Crippen LogP contribution in [-0.2, 0) is 11.2 Å². The van der Waals surface area contributed by atoms with Crippen molar-refractivity contribution < 1.29 is 9.90 Å². The number of piperidine rings is 1. The lowest BCUT2D eigenvalue weighted by Crippen LogP contribution is -2.46. The van der Waals surface area contributed by atoms with E-state index in [-0.39, 0.29) is 24.3 Å². The minimum absolute atomic E-state index is 0.134. The summed E-state index contributed by atoms with van der Waals surface area (Å²) in [6.45, 7) is 1.99. The van der Waals surface area contributed by atoms with Gasteiger partial charge in [0.2, 0.25) is 5.91 Å². The van der Waals surface area contributed by atoms with Gasteiger partial charge in [0.05, 0.1) is 5.92 Å². The number of rotatable bonds is 5. The summed E-state index contributed by atoms with van der Waals surface area (Å²) in [5.41, 5.74) is 6.94. The van der Waals surface area contributed by atoms with Gasteiger partial charge in [0.25, 0.3) is 0 Å². The molecule has 0 aromatic heterocycles. The molecular formula is C16H24N2O2. The zero-order valence-corrected chi connectivity index (χ0v) is 11.9. The zero-order valence-electron chi connectivity index (χ0n) is 11.9. The van der Waals surface area contributed by atoms with E-state index in [1.165, 1.54) is 0 Å². The van der Waals surface area contributed by atoms with Gasteiger partial charge >= 0.3 is 0 Å². The van der Waals surface area contributed by atoms with E-state index in [1.807, 2.05) is 35.2 Å². The fraction of sp³-hybridized carbons (Fsp3) is 0.562. The van der Waals surface area contributed by atoms with Crippen molar-refractivity contribution in [2.45, 2.75) is 19.3 Å². The normalized spacial score (nSPS) is 20.7. The quantitative estimate of drug-likeness (QED) is 0.844. The smallest absolute Gasteiger partial charge is 0.227 e. The van der Waals surface area contributed by atoms with Crippen LogP contribution in [0.3, 0.4) is 0 Å². The van der Waals surface area contributed by atoms with Gasteiger partial charge in [0, 0.05) is 26.2 Å². The van der Waals surface area contributed by atoms with Gasteiger partial charge in [-0.15, -0.1) is 0 Å². The molecule has 110 valence electrons. The molecule has 1 saturated heterocycles. The predicted octanol–water partition coefficient (Wildman–Crippen LogP) is 1.03. The van der Waals surface area contributed by atoms with Crippen LogP contribution in [-0.4, -0.2) is 42.2 Å². The molecule has 0 saturated carbocycles. The minimum atomic E-state index is -0.158. The molecule has 0 radical (unpaired) electrons. The summed E-state index contributed by atoms with van der Waals surface area (Å²) < 4.78 is 0. The van der Waals surface area contributed by atoms with Crippen LogP contribution in [0.15, 0.2) is 30.3 Å². The molecule has 0 spiro atoms. The number of carbonyl (C=O) groups is 1. The molecule has 1 aliphatic rings. The van der Waals surface area contributed by atoms with Crippen LogP contribution in [0.25, 0.3) is 0 Å². The van der Waals surface area contributed by atoms with Crippen molar-refractivity contribution >= 4 is 5.91 Å². The first-order valence-corrected chi connectivity index (χ1v) is 7.38. The van der Waals surface area contributed by atoms with Gasteiger partial charge in [0.15, 0.2) is 0 Å². The lowest BCUT2D eigenvalue weighted by Gasteiger charge is -2.34. The maximum atomic E-state index is 12.6. The summed E-state index contributed by atoms with van der Waals surface area (Å²) in [6, 6.07) is 10.00. The first kappa shape index (κ1) is 15.0. The summed E-state index contributed by atoms with van der Waals surface area (Å²) in [4.78, 5) is 14.4. The second kappa shape index (κ2) is 7.41. The number of aliphatic hydroxyl groups excluding tert-OH is 1. The van der Waals surface area contributed by atoms with Crippen molar-refractivity contribution in [2.24, 2.45) is 17.6 Å². The van der Waals surface area contributed by atoms with Gasteiger partial charge in [-0.3, -0.25) is 4.79 Å². The van der Waals surface area contributed by atoms with Crippen LogP contribution in [0.4, 0.5) is 0 Å². The number of hydrogen-bond acceptors (Lipinski definition) is 3. The summed E-state index contributed by atoms with van der Waals surface area (Å²) in [6.07, 6.45) is 2.67. The second-order valence-electron chi connectivity index (χ2n) is 5.60. The Hall–Kier alpha value is -1.39. The van der Waals surface area contributed by atoms with Crippen LogP contribution < -0.4 is 5.73 Å². The third kappa shape index (κ3) is 3.81. The Kier molecular flexibility index (Phi) is 5.56. The van der Waals surface area contributed by atoms with Crippen molar-refractivity contribution in [3.05, 3.63) is 35.9 Å². The highest BCUT2D eigenvalue weighted by molar-refractivity contribution is 5.79. The molecule has 1 aromatic carbocycles. The van der Waals surface area contributed by atoms with Crippen LogP contribution in [0.2, 0.25) is 0 Å². The molecule has 3 N–H and O–H groups in total. The second-order valence-corrected chi connectivity index (χ2v) is 5.60. The molecule has 1 amide bonds. The molecule has 20 heavy (non-hydrogen) atoms. The topological polar surface area (TPSA) is 66.6 Å². The van der Waals surface area contributed by atoms with Gasteiger partial charge in [-0.2, -0.15) is 0 Å². The van der Waals surface area contributed by atoms with Crippen LogP contribution in [0.5, 0.6) is 0 Å². The summed E-state index contributed by atoms with van der Waals surface area (Å²) >= 11 is 0. The third-order valence-corrected chi connectivity index (χ3v) is 4.05. The molecule has 2 atom stereocenters. The molecule has 0 bridgehead atoms. The van der Waals surface area contributed by atoms with E-state index in [2.05, 4.69) is 0 Å². The average Bonchev–Trinajstić information content (AvgIpc) is 2.53. The number of amides is 1. The van der Waals surface area contributed by atoms with Gasteiger partial charge in [-0.25, -0.2) is 0 Å². The van der Waals surface area contributed by atoms with Gasteiger partial charge in [0.1, 0.15) is 0 Å². The lowest BCUT2D eigenvalue weighted by molar-refractivity contribution is -0.137. The van der Waals surface area contributed by atoms with E-state index in [0.717, 1.165) is 24.9 Å². The van der Waals surface area contributed by atoms with E-state index < -0.39 is 0 Å². The Bertz CT molecular complexity index is 422. The standard InChI is InChI=1S/C16H24N2O2/c17-10-15(9-13-5-2-1-3-6-13)16(20)18-8-4-7-14(11-18)12-19/h1-3,5-6,14-15,19H,4,7-12,17H2. The van der Waals surface area contributed by atoms with Gasteiger partial charge < -0.3 is 15.7 Å². The van der Waals surface area contributed by atoms with Gasteiger partial charge in [-0.1, -0.05) is 30.3 Å². The number of nitrogens with zero attached hydrogens (tertiary/aromatic N) is 1. The Morgan fingerprint density at radius 3 is 2.80 bits per heavy atom. The minimum Gasteiger partial charge on any atom is -0.396 e. The highest BCUT2D eigenvalue weighted by Crippen LogP contribution is 2.19.